The summed E-state index contributed by atoms with van der Waals surface area (Å²) in [5.74, 6) is -0.540. The minimum atomic E-state index is -4.45. The zero-order valence-electron chi connectivity index (χ0n) is 48.1. The lowest BCUT2D eigenvalue weighted by Crippen LogP contribution is -2.47. The van der Waals surface area contributed by atoms with E-state index in [1.54, 1.807) is 0 Å². The number of quaternary nitrogens is 1. The fourth-order valence-corrected chi connectivity index (χ4v) is 8.93. The Morgan fingerprint density at radius 2 is 0.877 bits per heavy atom. The summed E-state index contributed by atoms with van der Waals surface area (Å²) >= 11 is 0. The Hall–Kier alpha value is -2.81. The fourth-order valence-electron chi connectivity index (χ4n) is 8.20. The Labute approximate surface area is 450 Å². The van der Waals surface area contributed by atoms with Crippen molar-refractivity contribution in [2.45, 2.75) is 264 Å². The number of phosphoric ester groups is 1. The van der Waals surface area contributed by atoms with Gasteiger partial charge in [-0.3, -0.25) is 18.6 Å². The maximum Gasteiger partial charge on any atom is 0.472 e. The Morgan fingerprint density at radius 1 is 0.493 bits per heavy atom. The summed E-state index contributed by atoms with van der Waals surface area (Å²) in [7, 11) is 1.47. The van der Waals surface area contributed by atoms with Gasteiger partial charge in [0.2, 0.25) is 5.91 Å². The summed E-state index contributed by atoms with van der Waals surface area (Å²) in [6.07, 6.45) is 68.7. The first kappa shape index (κ1) is 70.2. The van der Waals surface area contributed by atoms with Crippen molar-refractivity contribution in [1.29, 1.82) is 0 Å². The Balaban J connectivity index is 5.23. The molecule has 0 aromatic heterocycles. The molecular weight excluding hydrogens is 928 g/mol. The monoisotopic (exact) mass is 1040 g/mol. The molecule has 73 heavy (non-hydrogen) atoms. The molecule has 1 amide bonds. The van der Waals surface area contributed by atoms with Crippen molar-refractivity contribution in [3.63, 3.8) is 0 Å². The van der Waals surface area contributed by atoms with E-state index in [4.69, 9.17) is 13.8 Å². The molecule has 0 heterocycles. The predicted molar refractivity (Wildman–Crippen MR) is 314 cm³/mol. The molecular formula is C63H114N2O7P+. The van der Waals surface area contributed by atoms with Crippen LogP contribution >= 0.6 is 7.82 Å². The highest BCUT2D eigenvalue weighted by Crippen LogP contribution is 2.43. The standard InChI is InChI=1S/C63H113N2O7P/c1-7-10-13-16-19-22-25-27-28-29-30-31-32-33-34-35-36-38-41-44-47-50-53-56-63(67)72-61(54-51-48-45-42-39-24-21-18-15-12-9-3)60(59-71-73(68,69)70-58-57-65(4,5)6)64-62(66)55-52-49-46-43-40-37-26-23-20-17-14-11-8-2/h10,13,19,22,27-28,30-31,33-34,37,40,51,54,60-61H,7-9,11-12,14-18,20-21,23-26,29,32,35-36,38-39,41-50,52-53,55-59H2,1-6H3,(H-,64,66,68,69)/p+1/b13-10-,22-19-,28-27-,31-30-,34-33-,40-37-,54-51-. The minimum Gasteiger partial charge on any atom is -0.456 e. The van der Waals surface area contributed by atoms with Gasteiger partial charge in [0, 0.05) is 12.8 Å². The molecule has 0 aliphatic carbocycles. The maximum absolute atomic E-state index is 13.5. The van der Waals surface area contributed by atoms with Crippen molar-refractivity contribution < 1.29 is 37.3 Å². The molecule has 2 N–H and O–H groups in total. The summed E-state index contributed by atoms with van der Waals surface area (Å²) in [5, 5.41) is 3.03. The topological polar surface area (TPSA) is 111 Å². The van der Waals surface area contributed by atoms with Crippen LogP contribution in [0.15, 0.2) is 85.1 Å². The van der Waals surface area contributed by atoms with Crippen molar-refractivity contribution in [2.75, 3.05) is 40.9 Å². The van der Waals surface area contributed by atoms with E-state index in [0.29, 0.717) is 17.4 Å². The van der Waals surface area contributed by atoms with E-state index in [-0.39, 0.29) is 31.5 Å². The van der Waals surface area contributed by atoms with Crippen molar-refractivity contribution in [2.24, 2.45) is 0 Å². The molecule has 10 heteroatoms. The van der Waals surface area contributed by atoms with Gasteiger partial charge in [-0.25, -0.2) is 4.57 Å². The second kappa shape index (κ2) is 52.6. The number of hydrogen-bond acceptors (Lipinski definition) is 6. The number of esters is 1. The van der Waals surface area contributed by atoms with Gasteiger partial charge in [0.1, 0.15) is 19.3 Å². The van der Waals surface area contributed by atoms with Crippen LogP contribution < -0.4 is 5.32 Å². The summed E-state index contributed by atoms with van der Waals surface area (Å²) in [6.45, 7) is 6.86. The Kier molecular flexibility index (Phi) is 50.6. The number of rotatable bonds is 53. The van der Waals surface area contributed by atoms with E-state index in [1.807, 2.05) is 33.3 Å². The molecule has 0 aliphatic rings. The zero-order chi connectivity index (χ0) is 53.6. The highest BCUT2D eigenvalue weighted by molar-refractivity contribution is 7.47. The van der Waals surface area contributed by atoms with Gasteiger partial charge in [0.05, 0.1) is 33.8 Å². The van der Waals surface area contributed by atoms with Crippen LogP contribution in [0.4, 0.5) is 0 Å². The van der Waals surface area contributed by atoms with Gasteiger partial charge in [-0.1, -0.05) is 222 Å². The van der Waals surface area contributed by atoms with E-state index >= 15 is 0 Å². The highest BCUT2D eigenvalue weighted by Gasteiger charge is 2.30. The Bertz CT molecular complexity index is 1530. The number of ether oxygens (including phenoxy) is 1. The summed E-state index contributed by atoms with van der Waals surface area (Å²) in [5.41, 5.74) is 0. The maximum atomic E-state index is 13.5. The van der Waals surface area contributed by atoms with Crippen molar-refractivity contribution >= 4 is 19.7 Å². The van der Waals surface area contributed by atoms with Crippen LogP contribution in [-0.2, 0) is 27.9 Å². The van der Waals surface area contributed by atoms with Gasteiger partial charge in [-0.2, -0.15) is 0 Å². The third kappa shape index (κ3) is 53.8. The van der Waals surface area contributed by atoms with E-state index in [0.717, 1.165) is 116 Å². The van der Waals surface area contributed by atoms with Gasteiger partial charge in [-0.05, 0) is 102 Å². The molecule has 0 aromatic rings. The van der Waals surface area contributed by atoms with Crippen LogP contribution in [0.25, 0.3) is 0 Å². The van der Waals surface area contributed by atoms with Crippen LogP contribution in [0.3, 0.4) is 0 Å². The second-order valence-electron chi connectivity index (χ2n) is 21.1. The first-order chi connectivity index (χ1) is 35.4. The summed E-state index contributed by atoms with van der Waals surface area (Å²) in [6, 6.07) is -0.863. The number of nitrogens with one attached hydrogen (secondary N) is 1. The SMILES string of the molecule is CC/C=C\C/C=C\C/C=C\C/C=C\C/C=C\CCCCCCCCCC(=O)OC(/C=C\CCCCCCCCCCC)C(COP(=O)(O)OCC[N+](C)(C)C)NC(=O)CCCCC/C=C\CCCCCCCC. The largest absolute Gasteiger partial charge is 0.472 e. The van der Waals surface area contributed by atoms with E-state index in [1.165, 1.54) is 103 Å². The number of hydrogen-bond donors (Lipinski definition) is 2. The van der Waals surface area contributed by atoms with Gasteiger partial charge in [0.15, 0.2) is 0 Å². The molecule has 3 unspecified atom stereocenters. The first-order valence-electron chi connectivity index (χ1n) is 29.9. The third-order valence-electron chi connectivity index (χ3n) is 12.8. The smallest absolute Gasteiger partial charge is 0.456 e. The average Bonchev–Trinajstić information content (AvgIpc) is 3.35. The molecule has 9 nitrogen and oxygen atoms in total. The van der Waals surface area contributed by atoms with Crippen LogP contribution in [0.2, 0.25) is 0 Å². The number of unbranched alkanes of at least 4 members (excludes halogenated alkanes) is 25. The van der Waals surface area contributed by atoms with Crippen LogP contribution in [0.5, 0.6) is 0 Å². The lowest BCUT2D eigenvalue weighted by atomic mass is 10.1. The minimum absolute atomic E-state index is 0.0324. The number of phosphoric acid groups is 1. The lowest BCUT2D eigenvalue weighted by molar-refractivity contribution is -0.870. The number of carbonyl (C=O) groups is 2. The van der Waals surface area contributed by atoms with Crippen molar-refractivity contribution in [3.8, 4) is 0 Å². The van der Waals surface area contributed by atoms with Gasteiger partial charge in [0.25, 0.3) is 0 Å². The second-order valence-corrected chi connectivity index (χ2v) is 22.6. The highest BCUT2D eigenvalue weighted by atomic mass is 31.2. The lowest BCUT2D eigenvalue weighted by Gasteiger charge is -2.27. The zero-order valence-corrected chi connectivity index (χ0v) is 49.0. The summed E-state index contributed by atoms with van der Waals surface area (Å²) < 4.78 is 30.6. The van der Waals surface area contributed by atoms with Crippen molar-refractivity contribution in [1.82, 2.24) is 5.32 Å². The van der Waals surface area contributed by atoms with Gasteiger partial charge >= 0.3 is 13.8 Å². The van der Waals surface area contributed by atoms with E-state index in [9.17, 15) is 19.0 Å². The number of allylic oxidation sites excluding steroid dienone is 13. The van der Waals surface area contributed by atoms with Gasteiger partial charge < -0.3 is 19.4 Å². The molecule has 0 saturated carbocycles. The normalized spacial score (nSPS) is 14.3. The van der Waals surface area contributed by atoms with Crippen LogP contribution in [-0.4, -0.2) is 74.3 Å². The van der Waals surface area contributed by atoms with Crippen molar-refractivity contribution in [3.05, 3.63) is 85.1 Å². The third-order valence-corrected chi connectivity index (χ3v) is 13.8. The quantitative estimate of drug-likeness (QED) is 0.0205. The molecule has 0 rings (SSSR count). The molecule has 0 fully saturated rings. The van der Waals surface area contributed by atoms with Gasteiger partial charge in [-0.15, -0.1) is 0 Å². The fraction of sp³-hybridized carbons (Fsp3) is 0.746. The molecule has 0 saturated heterocycles. The average molecular weight is 1040 g/mol. The number of nitrogens with zero attached hydrogens (tertiary/aromatic N) is 1. The molecule has 0 radical (unpaired) electrons. The molecule has 422 valence electrons. The molecule has 0 spiro atoms. The van der Waals surface area contributed by atoms with Crippen LogP contribution in [0, 0.1) is 0 Å². The Morgan fingerprint density at radius 3 is 1.34 bits per heavy atom. The summed E-state index contributed by atoms with van der Waals surface area (Å²) in [4.78, 5) is 37.6. The molecule has 3 atom stereocenters. The number of carbonyl (C=O) groups excluding carboxylic acids is 2. The van der Waals surface area contributed by atoms with E-state index in [2.05, 4.69) is 99.0 Å². The molecule has 0 aromatic carbocycles. The first-order valence-corrected chi connectivity index (χ1v) is 31.4. The predicted octanol–water partition coefficient (Wildman–Crippen LogP) is 18.2. The number of amides is 1. The van der Waals surface area contributed by atoms with E-state index < -0.39 is 20.0 Å². The molecule has 0 aliphatic heterocycles. The molecule has 0 bridgehead atoms. The van der Waals surface area contributed by atoms with Crippen LogP contribution in [0.1, 0.15) is 252 Å². The number of likely N-dealkylation sites (N-methyl/N-ethyl adjacent to an activating group) is 1.